The van der Waals surface area contributed by atoms with E-state index in [1.54, 1.807) is 0 Å². The highest BCUT2D eigenvalue weighted by molar-refractivity contribution is 5.82. The van der Waals surface area contributed by atoms with Crippen molar-refractivity contribution in [1.82, 2.24) is 15.5 Å². The molecule has 0 aliphatic carbocycles. The van der Waals surface area contributed by atoms with Crippen LogP contribution in [0.2, 0.25) is 0 Å². The Balaban J connectivity index is 1.82. The van der Waals surface area contributed by atoms with Crippen molar-refractivity contribution in [2.75, 3.05) is 26.2 Å². The van der Waals surface area contributed by atoms with E-state index in [0.717, 1.165) is 32.5 Å². The molecule has 0 spiro atoms. The van der Waals surface area contributed by atoms with Crippen molar-refractivity contribution in [1.29, 1.82) is 0 Å². The van der Waals surface area contributed by atoms with Gasteiger partial charge < -0.3 is 25.7 Å². The molecule has 18 heavy (non-hydrogen) atoms. The van der Waals surface area contributed by atoms with Gasteiger partial charge in [-0.05, 0) is 31.8 Å². The van der Waals surface area contributed by atoms with Crippen LogP contribution in [0.4, 0.5) is 4.79 Å². The maximum Gasteiger partial charge on any atom is 0.328 e. The zero-order chi connectivity index (χ0) is 13.1. The number of rotatable bonds is 4. The van der Waals surface area contributed by atoms with E-state index in [1.165, 1.54) is 0 Å². The molecule has 3 rings (SSSR count). The molecule has 0 aromatic carbocycles. The molecule has 7 heteroatoms. The first-order valence-electron chi connectivity index (χ1n) is 6.23. The van der Waals surface area contributed by atoms with Crippen LogP contribution in [0.15, 0.2) is 0 Å². The summed E-state index contributed by atoms with van der Waals surface area (Å²) in [6.45, 7) is 2.38. The van der Waals surface area contributed by atoms with Gasteiger partial charge in [-0.15, -0.1) is 0 Å². The lowest BCUT2D eigenvalue weighted by molar-refractivity contribution is -0.140. The Labute approximate surface area is 105 Å². The van der Waals surface area contributed by atoms with Gasteiger partial charge in [-0.2, -0.15) is 0 Å². The van der Waals surface area contributed by atoms with Crippen LogP contribution in [0.25, 0.3) is 0 Å². The average Bonchev–Trinajstić information content (AvgIpc) is 2.37. The highest BCUT2D eigenvalue weighted by Gasteiger charge is 2.35. The minimum atomic E-state index is -1.24. The molecule has 0 aromatic heterocycles. The summed E-state index contributed by atoms with van der Waals surface area (Å²) in [6, 6.07) is -1.68. The number of carboxylic acids is 1. The number of urea groups is 1. The minimum Gasteiger partial charge on any atom is -0.480 e. The summed E-state index contributed by atoms with van der Waals surface area (Å²) in [5.41, 5.74) is 0. The molecule has 2 amide bonds. The van der Waals surface area contributed by atoms with Crippen LogP contribution in [0, 0.1) is 5.92 Å². The molecule has 0 saturated carbocycles. The lowest BCUT2D eigenvalue weighted by atomic mass is 9.84. The van der Waals surface area contributed by atoms with Gasteiger partial charge in [0.2, 0.25) is 0 Å². The Bertz CT molecular complexity index is 328. The molecule has 0 aromatic rings. The maximum absolute atomic E-state index is 11.6. The molecule has 102 valence electrons. The molecule has 3 saturated heterocycles. The molecular weight excluding hydrogens is 238 g/mol. The third-order valence-electron chi connectivity index (χ3n) is 3.76. The molecule has 2 bridgehead atoms. The molecule has 0 radical (unpaired) electrons. The van der Waals surface area contributed by atoms with Crippen molar-refractivity contribution in [2.45, 2.75) is 24.9 Å². The van der Waals surface area contributed by atoms with Gasteiger partial charge >= 0.3 is 12.0 Å². The van der Waals surface area contributed by atoms with Crippen molar-refractivity contribution in [3.05, 3.63) is 0 Å². The number of piperidine rings is 3. The number of fused-ring (bicyclic) bond motifs is 3. The highest BCUT2D eigenvalue weighted by atomic mass is 16.4. The van der Waals surface area contributed by atoms with Crippen molar-refractivity contribution >= 4 is 12.0 Å². The van der Waals surface area contributed by atoms with Crippen LogP contribution >= 0.6 is 0 Å². The van der Waals surface area contributed by atoms with Crippen LogP contribution in [0.3, 0.4) is 0 Å². The SMILES string of the molecule is O=C(NC1CN2CCC1CC2)N[C@H](CO)C(=O)O. The van der Waals surface area contributed by atoms with E-state index in [1.807, 2.05) is 0 Å². The van der Waals surface area contributed by atoms with Gasteiger partial charge in [0.15, 0.2) is 6.04 Å². The second-order valence-corrected chi connectivity index (χ2v) is 4.94. The number of hydrogen-bond acceptors (Lipinski definition) is 4. The Hall–Kier alpha value is -1.34. The zero-order valence-corrected chi connectivity index (χ0v) is 10.1. The molecule has 4 N–H and O–H groups in total. The first-order valence-corrected chi connectivity index (χ1v) is 6.23. The van der Waals surface area contributed by atoms with E-state index in [-0.39, 0.29) is 6.04 Å². The van der Waals surface area contributed by atoms with Crippen molar-refractivity contribution in [2.24, 2.45) is 5.92 Å². The smallest absolute Gasteiger partial charge is 0.328 e. The Morgan fingerprint density at radius 1 is 1.33 bits per heavy atom. The molecule has 1 unspecified atom stereocenters. The third-order valence-corrected chi connectivity index (χ3v) is 3.76. The average molecular weight is 257 g/mol. The van der Waals surface area contributed by atoms with Crippen molar-refractivity contribution in [3.8, 4) is 0 Å². The topological polar surface area (TPSA) is 102 Å². The quantitative estimate of drug-likeness (QED) is 0.508. The van der Waals surface area contributed by atoms with Crippen molar-refractivity contribution in [3.63, 3.8) is 0 Å². The number of amides is 2. The number of carbonyl (C=O) groups is 2. The summed E-state index contributed by atoms with van der Waals surface area (Å²) < 4.78 is 0. The Morgan fingerprint density at radius 2 is 2.00 bits per heavy atom. The van der Waals surface area contributed by atoms with Gasteiger partial charge in [-0.25, -0.2) is 9.59 Å². The number of aliphatic hydroxyl groups is 1. The van der Waals surface area contributed by atoms with Gasteiger partial charge in [0, 0.05) is 12.6 Å². The molecule has 3 aliphatic rings. The summed E-state index contributed by atoms with van der Waals surface area (Å²) in [5, 5.41) is 22.6. The Kier molecular flexibility index (Phi) is 4.03. The van der Waals surface area contributed by atoms with E-state index in [4.69, 9.17) is 10.2 Å². The summed E-state index contributed by atoms with van der Waals surface area (Å²) in [4.78, 5) is 24.6. The summed E-state index contributed by atoms with van der Waals surface area (Å²) >= 11 is 0. The number of aliphatic carboxylic acids is 1. The number of nitrogens with zero attached hydrogens (tertiary/aromatic N) is 1. The fourth-order valence-corrected chi connectivity index (χ4v) is 2.68. The van der Waals surface area contributed by atoms with E-state index < -0.39 is 24.6 Å². The normalized spacial score (nSPS) is 31.7. The van der Waals surface area contributed by atoms with Crippen LogP contribution in [-0.4, -0.2) is 65.4 Å². The summed E-state index contributed by atoms with van der Waals surface area (Å²) in [6.07, 6.45) is 2.15. The number of hydrogen-bond donors (Lipinski definition) is 4. The second-order valence-electron chi connectivity index (χ2n) is 4.94. The number of aliphatic hydroxyl groups excluding tert-OH is 1. The van der Waals surface area contributed by atoms with Crippen molar-refractivity contribution < 1.29 is 19.8 Å². The molecule has 3 aliphatic heterocycles. The van der Waals surface area contributed by atoms with Gasteiger partial charge in [0.1, 0.15) is 0 Å². The van der Waals surface area contributed by atoms with Crippen LogP contribution in [0.5, 0.6) is 0 Å². The molecule has 7 nitrogen and oxygen atoms in total. The van der Waals surface area contributed by atoms with Crippen LogP contribution < -0.4 is 10.6 Å². The standard InChI is InChI=1S/C11H19N3O4/c15-6-9(10(16)17)13-11(18)12-8-5-14-3-1-7(8)2-4-14/h7-9,15H,1-6H2,(H,16,17)(H2,12,13,18)/t8?,9-/m1/s1. The van der Waals surface area contributed by atoms with Crippen LogP contribution in [-0.2, 0) is 4.79 Å². The predicted octanol–water partition coefficient (Wildman–Crippen LogP) is -1.17. The zero-order valence-electron chi connectivity index (χ0n) is 10.1. The summed E-state index contributed by atoms with van der Waals surface area (Å²) in [5.74, 6) is -0.750. The molecule has 3 heterocycles. The van der Waals surface area contributed by atoms with E-state index >= 15 is 0 Å². The predicted molar refractivity (Wildman–Crippen MR) is 63.1 cm³/mol. The monoisotopic (exact) mass is 257 g/mol. The van der Waals surface area contributed by atoms with E-state index in [2.05, 4.69) is 15.5 Å². The van der Waals surface area contributed by atoms with E-state index in [0.29, 0.717) is 5.92 Å². The largest absolute Gasteiger partial charge is 0.480 e. The molecular formula is C11H19N3O4. The maximum atomic E-state index is 11.6. The lowest BCUT2D eigenvalue weighted by Crippen LogP contribution is -2.60. The highest BCUT2D eigenvalue weighted by Crippen LogP contribution is 2.27. The lowest BCUT2D eigenvalue weighted by Gasteiger charge is -2.44. The fraction of sp³-hybridized carbons (Fsp3) is 0.818. The minimum absolute atomic E-state index is 0.0839. The second kappa shape index (κ2) is 5.53. The number of carbonyl (C=O) groups excluding carboxylic acids is 1. The van der Waals surface area contributed by atoms with Gasteiger partial charge in [-0.3, -0.25) is 0 Å². The first kappa shape index (κ1) is 13.1. The Morgan fingerprint density at radius 3 is 2.44 bits per heavy atom. The van der Waals surface area contributed by atoms with Gasteiger partial charge in [0.25, 0.3) is 0 Å². The van der Waals surface area contributed by atoms with Crippen LogP contribution in [0.1, 0.15) is 12.8 Å². The fourth-order valence-electron chi connectivity index (χ4n) is 2.68. The molecule has 3 fully saturated rings. The summed E-state index contributed by atoms with van der Waals surface area (Å²) in [7, 11) is 0. The first-order chi connectivity index (χ1) is 8.60. The van der Waals surface area contributed by atoms with E-state index in [9.17, 15) is 9.59 Å². The number of nitrogens with one attached hydrogen (secondary N) is 2. The molecule has 2 atom stereocenters. The third kappa shape index (κ3) is 2.91. The van der Waals surface area contributed by atoms with Gasteiger partial charge in [0.05, 0.1) is 6.61 Å². The van der Waals surface area contributed by atoms with Gasteiger partial charge in [-0.1, -0.05) is 0 Å². The number of carboxylic acid groups (broad SMARTS) is 1.